The number of fused-ring (bicyclic) bond motifs is 2. The number of nitriles is 1. The van der Waals surface area contributed by atoms with Gasteiger partial charge in [-0.25, -0.2) is 0 Å². The van der Waals surface area contributed by atoms with Gasteiger partial charge in [0.25, 0.3) is 0 Å². The van der Waals surface area contributed by atoms with Crippen LogP contribution in [0.2, 0.25) is 0 Å². The SMILES string of the molecule is CC1NC(=O)C2CC(C)(C#N)C(C3C=C4OCOC4=CC3)N2C1=O. The summed E-state index contributed by atoms with van der Waals surface area (Å²) in [6, 6.07) is 0.865. The number of amides is 2. The lowest BCUT2D eigenvalue weighted by Crippen LogP contribution is -2.63. The molecule has 0 spiro atoms. The van der Waals surface area contributed by atoms with Crippen LogP contribution in [0.25, 0.3) is 0 Å². The molecule has 4 rings (SSSR count). The molecule has 0 saturated carbocycles. The van der Waals surface area contributed by atoms with E-state index in [1.54, 1.807) is 11.8 Å². The summed E-state index contributed by atoms with van der Waals surface area (Å²) in [6.07, 6.45) is 4.88. The Balaban J connectivity index is 1.74. The second kappa shape index (κ2) is 5.00. The molecule has 0 aromatic heterocycles. The van der Waals surface area contributed by atoms with Crippen molar-refractivity contribution in [3.8, 4) is 6.07 Å². The van der Waals surface area contributed by atoms with Crippen LogP contribution in [0.4, 0.5) is 0 Å². The molecule has 126 valence electrons. The number of ether oxygens (including phenoxy) is 2. The highest BCUT2D eigenvalue weighted by Gasteiger charge is 2.59. The van der Waals surface area contributed by atoms with Crippen LogP contribution >= 0.6 is 0 Å². The third-order valence-corrected chi connectivity index (χ3v) is 5.47. The Morgan fingerprint density at radius 1 is 1.38 bits per heavy atom. The van der Waals surface area contributed by atoms with E-state index < -0.39 is 17.5 Å². The van der Waals surface area contributed by atoms with Gasteiger partial charge in [-0.15, -0.1) is 0 Å². The first-order chi connectivity index (χ1) is 11.4. The fourth-order valence-electron chi connectivity index (χ4n) is 4.33. The van der Waals surface area contributed by atoms with Crippen LogP contribution in [-0.2, 0) is 19.1 Å². The molecule has 0 radical (unpaired) electrons. The van der Waals surface area contributed by atoms with Gasteiger partial charge in [-0.1, -0.05) is 0 Å². The second-order valence-corrected chi connectivity index (χ2v) is 7.08. The quantitative estimate of drug-likeness (QED) is 0.768. The minimum absolute atomic E-state index is 0.0813. The van der Waals surface area contributed by atoms with E-state index in [9.17, 15) is 14.9 Å². The number of hydrogen-bond acceptors (Lipinski definition) is 5. The van der Waals surface area contributed by atoms with Crippen LogP contribution in [0.5, 0.6) is 0 Å². The average Bonchev–Trinajstić information content (AvgIpc) is 3.14. The van der Waals surface area contributed by atoms with Crippen molar-refractivity contribution in [2.75, 3.05) is 6.79 Å². The fourth-order valence-corrected chi connectivity index (χ4v) is 4.33. The molecule has 5 atom stereocenters. The molecule has 3 heterocycles. The molecular weight excluding hydrogens is 310 g/mol. The van der Waals surface area contributed by atoms with Gasteiger partial charge < -0.3 is 19.7 Å². The van der Waals surface area contributed by atoms with E-state index in [0.717, 1.165) is 5.76 Å². The summed E-state index contributed by atoms with van der Waals surface area (Å²) in [5.74, 6) is 1.00. The minimum atomic E-state index is -0.783. The number of rotatable bonds is 1. The van der Waals surface area contributed by atoms with Gasteiger partial charge in [-0.05, 0) is 38.8 Å². The van der Waals surface area contributed by atoms with E-state index in [1.165, 1.54) is 0 Å². The number of allylic oxidation sites excluding steroid dienone is 1. The third-order valence-electron chi connectivity index (χ3n) is 5.47. The Morgan fingerprint density at radius 2 is 2.12 bits per heavy atom. The van der Waals surface area contributed by atoms with Gasteiger partial charge in [0, 0.05) is 5.92 Å². The van der Waals surface area contributed by atoms with Crippen LogP contribution in [0.3, 0.4) is 0 Å². The molecule has 7 nitrogen and oxygen atoms in total. The second-order valence-electron chi connectivity index (χ2n) is 7.08. The largest absolute Gasteiger partial charge is 0.454 e. The van der Waals surface area contributed by atoms with Crippen LogP contribution in [0.15, 0.2) is 23.7 Å². The van der Waals surface area contributed by atoms with Crippen molar-refractivity contribution in [1.82, 2.24) is 10.2 Å². The highest BCUT2D eigenvalue weighted by molar-refractivity contribution is 5.97. The lowest BCUT2D eigenvalue weighted by atomic mass is 9.74. The van der Waals surface area contributed by atoms with Crippen molar-refractivity contribution in [3.05, 3.63) is 23.7 Å². The molecule has 3 fully saturated rings. The summed E-state index contributed by atoms with van der Waals surface area (Å²) >= 11 is 0. The Labute approximate surface area is 139 Å². The Morgan fingerprint density at radius 3 is 2.88 bits per heavy atom. The summed E-state index contributed by atoms with van der Waals surface area (Å²) in [5, 5.41) is 12.5. The third kappa shape index (κ3) is 1.95. The summed E-state index contributed by atoms with van der Waals surface area (Å²) in [5.41, 5.74) is -0.783. The van der Waals surface area contributed by atoms with Gasteiger partial charge >= 0.3 is 0 Å². The van der Waals surface area contributed by atoms with Crippen molar-refractivity contribution in [1.29, 1.82) is 5.26 Å². The van der Waals surface area contributed by atoms with Gasteiger partial charge in [0.15, 0.2) is 11.5 Å². The zero-order valence-electron chi connectivity index (χ0n) is 13.6. The predicted octanol–water partition coefficient (Wildman–Crippen LogP) is 0.796. The zero-order valence-corrected chi connectivity index (χ0v) is 13.6. The monoisotopic (exact) mass is 329 g/mol. The molecule has 0 bridgehead atoms. The maximum absolute atomic E-state index is 12.7. The Hall–Kier alpha value is -2.49. The standard InChI is InChI=1S/C17H19N3O4/c1-9-16(22)20-11(15(21)19-9)6-17(2,7-18)14(20)10-3-4-12-13(5-10)24-8-23-12/h4-5,9-11,14H,3,6,8H2,1-2H3,(H,19,21). The van der Waals surface area contributed by atoms with Crippen LogP contribution in [-0.4, -0.2) is 41.6 Å². The molecule has 1 N–H and O–H groups in total. The van der Waals surface area contributed by atoms with E-state index in [1.807, 2.05) is 19.1 Å². The first kappa shape index (κ1) is 15.1. The fraction of sp³-hybridized carbons (Fsp3) is 0.588. The molecule has 0 aromatic rings. The van der Waals surface area contributed by atoms with Crippen molar-refractivity contribution in [2.24, 2.45) is 11.3 Å². The Kier molecular flexibility index (Phi) is 3.14. The van der Waals surface area contributed by atoms with Crippen LogP contribution in [0, 0.1) is 22.7 Å². The van der Waals surface area contributed by atoms with Crippen LogP contribution in [0.1, 0.15) is 26.7 Å². The van der Waals surface area contributed by atoms with Gasteiger partial charge in [-0.2, -0.15) is 5.26 Å². The van der Waals surface area contributed by atoms with Gasteiger partial charge in [0.1, 0.15) is 12.1 Å². The van der Waals surface area contributed by atoms with Crippen LogP contribution < -0.4 is 5.32 Å². The van der Waals surface area contributed by atoms with Gasteiger partial charge in [-0.3, -0.25) is 9.59 Å². The summed E-state index contributed by atoms with van der Waals surface area (Å²) in [6.45, 7) is 3.71. The average molecular weight is 329 g/mol. The van der Waals surface area contributed by atoms with Crippen molar-refractivity contribution in [3.63, 3.8) is 0 Å². The normalized spacial score (nSPS) is 40.5. The number of carbonyl (C=O) groups is 2. The highest BCUT2D eigenvalue weighted by atomic mass is 16.7. The van der Waals surface area contributed by atoms with Crippen molar-refractivity contribution in [2.45, 2.75) is 44.8 Å². The summed E-state index contributed by atoms with van der Waals surface area (Å²) < 4.78 is 10.8. The first-order valence-electron chi connectivity index (χ1n) is 8.16. The first-order valence-corrected chi connectivity index (χ1v) is 8.16. The molecule has 0 aromatic carbocycles. The van der Waals surface area contributed by atoms with E-state index in [4.69, 9.17) is 9.47 Å². The highest BCUT2D eigenvalue weighted by Crippen LogP contribution is 2.48. The molecule has 4 aliphatic rings. The van der Waals surface area contributed by atoms with E-state index >= 15 is 0 Å². The molecule has 7 heteroatoms. The van der Waals surface area contributed by atoms with Crippen molar-refractivity contribution < 1.29 is 19.1 Å². The number of nitrogens with zero attached hydrogens (tertiary/aromatic N) is 2. The van der Waals surface area contributed by atoms with E-state index in [-0.39, 0.29) is 30.6 Å². The lowest BCUT2D eigenvalue weighted by molar-refractivity contribution is -0.149. The summed E-state index contributed by atoms with van der Waals surface area (Å²) in [7, 11) is 0. The maximum Gasteiger partial charge on any atom is 0.245 e. The molecule has 3 aliphatic heterocycles. The molecule has 24 heavy (non-hydrogen) atoms. The smallest absolute Gasteiger partial charge is 0.245 e. The maximum atomic E-state index is 12.7. The predicted molar refractivity (Wildman–Crippen MR) is 81.7 cm³/mol. The minimum Gasteiger partial charge on any atom is -0.454 e. The van der Waals surface area contributed by atoms with Crippen molar-refractivity contribution >= 4 is 11.8 Å². The van der Waals surface area contributed by atoms with E-state index in [2.05, 4.69) is 11.4 Å². The summed E-state index contributed by atoms with van der Waals surface area (Å²) in [4.78, 5) is 26.7. The van der Waals surface area contributed by atoms with Gasteiger partial charge in [0.05, 0.1) is 17.5 Å². The molecule has 5 unspecified atom stereocenters. The number of hydrogen-bond donors (Lipinski definition) is 1. The Bertz CT molecular complexity index is 722. The molecule has 2 amide bonds. The molecule has 1 aliphatic carbocycles. The van der Waals surface area contributed by atoms with Gasteiger partial charge in [0.2, 0.25) is 18.6 Å². The number of piperazine rings is 1. The molecular formula is C17H19N3O4. The molecule has 3 saturated heterocycles. The van der Waals surface area contributed by atoms with E-state index in [0.29, 0.717) is 18.6 Å². The lowest BCUT2D eigenvalue weighted by Gasteiger charge is -2.41. The number of nitrogens with one attached hydrogen (secondary N) is 1. The number of carbonyl (C=O) groups excluding carboxylic acids is 2. The topological polar surface area (TPSA) is 91.7 Å². The zero-order chi connectivity index (χ0) is 17.1.